The Kier molecular flexibility index (Phi) is 5.43. The molecule has 3 rings (SSSR count). The van der Waals surface area contributed by atoms with Crippen LogP contribution in [0.5, 0.6) is 0 Å². The molecule has 1 aliphatic heterocycles. The molecule has 1 aliphatic carbocycles. The first kappa shape index (κ1) is 16.6. The number of carbonyl (C=O) groups is 2. The number of amides is 1. The Morgan fingerprint density at radius 3 is 2.70 bits per heavy atom. The van der Waals surface area contributed by atoms with Crippen LogP contribution < -0.4 is 0 Å². The van der Waals surface area contributed by atoms with Crippen molar-refractivity contribution in [2.24, 2.45) is 0 Å². The molecule has 1 aromatic heterocycles. The molecule has 0 radical (unpaired) electrons. The van der Waals surface area contributed by atoms with Crippen molar-refractivity contribution >= 4 is 23.0 Å². The second-order valence-corrected chi connectivity index (χ2v) is 7.50. The zero-order chi connectivity index (χ0) is 16.2. The predicted octanol–water partition coefficient (Wildman–Crippen LogP) is 2.50. The van der Waals surface area contributed by atoms with Gasteiger partial charge < -0.3 is 4.90 Å². The number of rotatable bonds is 5. The van der Waals surface area contributed by atoms with Crippen LogP contribution in [-0.4, -0.2) is 52.7 Å². The fourth-order valence-electron chi connectivity index (χ4n) is 3.22. The van der Waals surface area contributed by atoms with E-state index in [1.165, 1.54) is 0 Å². The minimum absolute atomic E-state index is 0.265. The van der Waals surface area contributed by atoms with Crippen molar-refractivity contribution in [1.82, 2.24) is 14.8 Å². The van der Waals surface area contributed by atoms with Crippen molar-refractivity contribution < 1.29 is 9.59 Å². The Morgan fingerprint density at radius 2 is 2.00 bits per heavy atom. The topological polar surface area (TPSA) is 53.5 Å². The number of hydrogen-bond donors (Lipinski definition) is 0. The maximum Gasteiger partial charge on any atom is 0.222 e. The summed E-state index contributed by atoms with van der Waals surface area (Å²) in [7, 11) is 0. The van der Waals surface area contributed by atoms with Crippen molar-refractivity contribution in [3.63, 3.8) is 0 Å². The molecule has 2 heterocycles. The third-order valence-electron chi connectivity index (χ3n) is 4.64. The average molecular weight is 335 g/mol. The molecule has 1 aromatic rings. The number of ketones is 1. The highest BCUT2D eigenvalue weighted by molar-refractivity contribution is 7.13. The maximum atomic E-state index is 12.1. The number of piperazine rings is 1. The van der Waals surface area contributed by atoms with E-state index in [0.717, 1.165) is 74.0 Å². The van der Waals surface area contributed by atoms with E-state index < -0.39 is 0 Å². The lowest BCUT2D eigenvalue weighted by atomic mass is 10.0. The SMILES string of the molecule is CCCCC(=O)N1CCN(Cc2nc3c(s2)C(=O)CCC3)CC1. The summed E-state index contributed by atoms with van der Waals surface area (Å²) in [5, 5.41) is 1.05. The Balaban J connectivity index is 1.51. The molecule has 0 N–H and O–H groups in total. The molecule has 0 unspecified atom stereocenters. The lowest BCUT2D eigenvalue weighted by Crippen LogP contribution is -2.48. The summed E-state index contributed by atoms with van der Waals surface area (Å²) < 4.78 is 0. The van der Waals surface area contributed by atoms with Gasteiger partial charge in [-0.2, -0.15) is 0 Å². The van der Waals surface area contributed by atoms with Gasteiger partial charge in [-0.25, -0.2) is 4.98 Å². The monoisotopic (exact) mass is 335 g/mol. The standard InChI is InChI=1S/C17H25N3O2S/c1-2-3-7-16(22)20-10-8-19(9-11-20)12-15-18-13-5-4-6-14(21)17(13)23-15/h2-12H2,1H3. The van der Waals surface area contributed by atoms with Gasteiger partial charge in [0.05, 0.1) is 17.1 Å². The summed E-state index contributed by atoms with van der Waals surface area (Å²) in [6.45, 7) is 6.34. The first-order chi connectivity index (χ1) is 11.2. The molecule has 0 aromatic carbocycles. The summed E-state index contributed by atoms with van der Waals surface area (Å²) in [6.07, 6.45) is 5.28. The van der Waals surface area contributed by atoms with Gasteiger partial charge in [0.1, 0.15) is 5.01 Å². The number of carbonyl (C=O) groups excluding carboxylic acids is 2. The van der Waals surface area contributed by atoms with Crippen LogP contribution in [-0.2, 0) is 17.8 Å². The number of hydrogen-bond acceptors (Lipinski definition) is 5. The first-order valence-electron chi connectivity index (χ1n) is 8.69. The van der Waals surface area contributed by atoms with Crippen LogP contribution >= 0.6 is 11.3 Å². The predicted molar refractivity (Wildman–Crippen MR) is 90.8 cm³/mol. The van der Waals surface area contributed by atoms with Gasteiger partial charge in [-0.05, 0) is 19.3 Å². The number of aromatic nitrogens is 1. The summed E-state index contributed by atoms with van der Waals surface area (Å²) in [4.78, 5) is 33.8. The van der Waals surface area contributed by atoms with E-state index in [4.69, 9.17) is 0 Å². The Hall–Kier alpha value is -1.27. The molecule has 23 heavy (non-hydrogen) atoms. The number of aryl methyl sites for hydroxylation is 1. The Bertz CT molecular complexity index is 576. The van der Waals surface area contributed by atoms with Crippen LogP contribution in [0, 0.1) is 0 Å². The molecule has 1 fully saturated rings. The zero-order valence-corrected chi connectivity index (χ0v) is 14.7. The molecule has 1 amide bonds. The highest BCUT2D eigenvalue weighted by atomic mass is 32.1. The lowest BCUT2D eigenvalue weighted by Gasteiger charge is -2.34. The fourth-order valence-corrected chi connectivity index (χ4v) is 4.34. The Morgan fingerprint density at radius 1 is 1.22 bits per heavy atom. The molecule has 0 spiro atoms. The van der Waals surface area contributed by atoms with Gasteiger partial charge in [0.25, 0.3) is 0 Å². The maximum absolute atomic E-state index is 12.1. The second kappa shape index (κ2) is 7.53. The average Bonchev–Trinajstić information content (AvgIpc) is 2.97. The van der Waals surface area contributed by atoms with Crippen LogP contribution in [0.4, 0.5) is 0 Å². The molecule has 2 aliphatic rings. The Labute approximate surface area is 141 Å². The van der Waals surface area contributed by atoms with Crippen LogP contribution in [0.15, 0.2) is 0 Å². The van der Waals surface area contributed by atoms with E-state index in [0.29, 0.717) is 18.7 Å². The molecule has 6 heteroatoms. The van der Waals surface area contributed by atoms with Gasteiger partial charge >= 0.3 is 0 Å². The van der Waals surface area contributed by atoms with Crippen molar-refractivity contribution in [3.8, 4) is 0 Å². The van der Waals surface area contributed by atoms with Gasteiger partial charge in [-0.3, -0.25) is 14.5 Å². The number of nitrogens with zero attached hydrogens (tertiary/aromatic N) is 3. The van der Waals surface area contributed by atoms with Crippen molar-refractivity contribution in [3.05, 3.63) is 15.6 Å². The summed E-state index contributed by atoms with van der Waals surface area (Å²) in [6, 6.07) is 0. The van der Waals surface area contributed by atoms with Crippen molar-refractivity contribution in [1.29, 1.82) is 0 Å². The van der Waals surface area contributed by atoms with E-state index in [-0.39, 0.29) is 5.78 Å². The summed E-state index contributed by atoms with van der Waals surface area (Å²) in [5.41, 5.74) is 1.01. The minimum Gasteiger partial charge on any atom is -0.340 e. The quantitative estimate of drug-likeness (QED) is 0.829. The molecule has 5 nitrogen and oxygen atoms in total. The van der Waals surface area contributed by atoms with Crippen LogP contribution in [0.3, 0.4) is 0 Å². The van der Waals surface area contributed by atoms with Gasteiger partial charge in [-0.15, -0.1) is 11.3 Å². The minimum atomic E-state index is 0.265. The normalized spacial score (nSPS) is 19.0. The van der Waals surface area contributed by atoms with E-state index in [1.807, 2.05) is 4.90 Å². The van der Waals surface area contributed by atoms with Crippen molar-refractivity contribution in [2.45, 2.75) is 52.0 Å². The first-order valence-corrected chi connectivity index (χ1v) is 9.51. The van der Waals surface area contributed by atoms with E-state index >= 15 is 0 Å². The lowest BCUT2D eigenvalue weighted by molar-refractivity contribution is -0.133. The smallest absolute Gasteiger partial charge is 0.222 e. The van der Waals surface area contributed by atoms with Gasteiger partial charge in [-0.1, -0.05) is 13.3 Å². The van der Waals surface area contributed by atoms with Crippen LogP contribution in [0.2, 0.25) is 0 Å². The van der Waals surface area contributed by atoms with E-state index in [1.54, 1.807) is 11.3 Å². The number of fused-ring (bicyclic) bond motifs is 1. The molecule has 1 saturated heterocycles. The largest absolute Gasteiger partial charge is 0.340 e. The molecular formula is C17H25N3O2S. The van der Waals surface area contributed by atoms with Crippen LogP contribution in [0.1, 0.15) is 59.4 Å². The highest BCUT2D eigenvalue weighted by Crippen LogP contribution is 2.27. The number of unbranched alkanes of at least 4 members (excludes halogenated alkanes) is 1. The molecule has 0 saturated carbocycles. The van der Waals surface area contributed by atoms with Gasteiger partial charge in [0.15, 0.2) is 5.78 Å². The van der Waals surface area contributed by atoms with Gasteiger partial charge in [0.2, 0.25) is 5.91 Å². The third-order valence-corrected chi connectivity index (χ3v) is 5.76. The summed E-state index contributed by atoms with van der Waals surface area (Å²) in [5.74, 6) is 0.558. The number of thiazole rings is 1. The second-order valence-electron chi connectivity index (χ2n) is 6.42. The molecule has 0 atom stereocenters. The van der Waals surface area contributed by atoms with Crippen molar-refractivity contribution in [2.75, 3.05) is 26.2 Å². The van der Waals surface area contributed by atoms with Crippen LogP contribution in [0.25, 0.3) is 0 Å². The number of Topliss-reactive ketones (excluding diaryl/α,β-unsaturated/α-hetero) is 1. The molecule has 126 valence electrons. The fraction of sp³-hybridized carbons (Fsp3) is 0.706. The molecular weight excluding hydrogens is 310 g/mol. The third kappa shape index (κ3) is 3.98. The van der Waals surface area contributed by atoms with E-state index in [9.17, 15) is 9.59 Å². The zero-order valence-electron chi connectivity index (χ0n) is 13.8. The van der Waals surface area contributed by atoms with Gasteiger partial charge in [0, 0.05) is 39.0 Å². The molecule has 0 bridgehead atoms. The van der Waals surface area contributed by atoms with E-state index in [2.05, 4.69) is 16.8 Å². The summed E-state index contributed by atoms with van der Waals surface area (Å²) >= 11 is 1.57. The highest BCUT2D eigenvalue weighted by Gasteiger charge is 2.25.